The third kappa shape index (κ3) is 15.6. The largest absolute Gasteiger partial charge is 2.00 e. The number of ether oxygens (including phenoxy) is 1. The Morgan fingerprint density at radius 1 is 1.19 bits per heavy atom. The van der Waals surface area contributed by atoms with Crippen molar-refractivity contribution in [1.82, 2.24) is 5.32 Å². The molecule has 7 heteroatoms. The van der Waals surface area contributed by atoms with Gasteiger partial charge in [0.1, 0.15) is 12.1 Å². The molecule has 0 aromatic heterocycles. The quantitative estimate of drug-likeness (QED) is 0.123. The molecule has 0 amide bonds. The van der Waals surface area contributed by atoms with Crippen LogP contribution in [-0.4, -0.2) is 44.2 Å². The first-order chi connectivity index (χ1) is 22.6. The Labute approximate surface area is 304 Å². The van der Waals surface area contributed by atoms with Crippen molar-refractivity contribution < 1.29 is 32.9 Å². The van der Waals surface area contributed by atoms with E-state index < -0.39 is 0 Å². The number of benzene rings is 1. The van der Waals surface area contributed by atoms with E-state index in [4.69, 9.17) is 9.53 Å². The molecule has 0 spiro atoms. The van der Waals surface area contributed by atoms with Gasteiger partial charge < -0.3 is 31.4 Å². The number of rotatable bonds is 8. The van der Waals surface area contributed by atoms with Gasteiger partial charge in [0.2, 0.25) is 0 Å². The maximum atomic E-state index is 10.7. The van der Waals surface area contributed by atoms with Gasteiger partial charge in [0.15, 0.2) is 0 Å². The Morgan fingerprint density at radius 3 is 2.35 bits per heavy atom. The fourth-order valence-corrected chi connectivity index (χ4v) is 5.85. The van der Waals surface area contributed by atoms with Crippen LogP contribution in [0.25, 0.3) is 0 Å². The summed E-state index contributed by atoms with van der Waals surface area (Å²) in [7, 11) is 1.77. The smallest absolute Gasteiger partial charge is 0.377 e. The molecule has 1 saturated carbocycles. The van der Waals surface area contributed by atoms with E-state index in [2.05, 4.69) is 74.5 Å². The van der Waals surface area contributed by atoms with Crippen LogP contribution in [-0.2, 0) is 32.9 Å². The predicted octanol–water partition coefficient (Wildman–Crippen LogP) is 9.59. The van der Waals surface area contributed by atoms with Crippen molar-refractivity contribution in [2.24, 2.45) is 16.8 Å². The van der Waals surface area contributed by atoms with Crippen LogP contribution in [0.1, 0.15) is 105 Å². The van der Waals surface area contributed by atoms with Crippen molar-refractivity contribution in [3.05, 3.63) is 95.1 Å². The molecule has 6 nitrogen and oxygen atoms in total. The van der Waals surface area contributed by atoms with Gasteiger partial charge in [0.05, 0.1) is 12.4 Å². The molecule has 4 rings (SSSR count). The summed E-state index contributed by atoms with van der Waals surface area (Å²) in [6, 6.07) is 6.35. The Kier molecular flexibility index (Phi) is 24.6. The van der Waals surface area contributed by atoms with Gasteiger partial charge >= 0.3 is 18.6 Å². The zero-order chi connectivity index (χ0) is 35.2. The van der Waals surface area contributed by atoms with Gasteiger partial charge in [-0.2, -0.15) is 18.9 Å². The molecule has 3 unspecified atom stereocenters. The van der Waals surface area contributed by atoms with Crippen LogP contribution in [0.3, 0.4) is 0 Å². The number of anilines is 1. The van der Waals surface area contributed by atoms with Crippen molar-refractivity contribution in [2.45, 2.75) is 112 Å². The number of methoxy groups -OCH3 is 1. The molecule has 1 aromatic carbocycles. The fourth-order valence-electron chi connectivity index (χ4n) is 5.85. The van der Waals surface area contributed by atoms with E-state index in [1.165, 1.54) is 68.7 Å². The first kappa shape index (κ1) is 45.2. The number of aldehydes is 1. The number of carbonyl (C=O) groups excluding carboxylic acids is 2. The minimum atomic E-state index is 0. The van der Waals surface area contributed by atoms with Crippen LogP contribution in [0.2, 0.25) is 0 Å². The number of hydrogen-bond donors (Lipinski definition) is 2. The molecular formula is C41H61N3O3V. The van der Waals surface area contributed by atoms with Gasteiger partial charge in [-0.15, -0.1) is 11.1 Å². The van der Waals surface area contributed by atoms with E-state index in [-0.39, 0.29) is 24.7 Å². The number of nitrogens with one attached hydrogen (secondary N) is 2. The van der Waals surface area contributed by atoms with Crippen LogP contribution < -0.4 is 10.6 Å². The van der Waals surface area contributed by atoms with Crippen LogP contribution >= 0.6 is 0 Å². The topological polar surface area (TPSA) is 79.8 Å². The number of aryl methyl sites for hydroxylation is 1. The van der Waals surface area contributed by atoms with Crippen molar-refractivity contribution in [2.75, 3.05) is 19.0 Å². The molecular weight excluding hydrogens is 633 g/mol. The molecule has 3 atom stereocenters. The molecule has 3 aliphatic rings. The summed E-state index contributed by atoms with van der Waals surface area (Å²) >= 11 is 0. The van der Waals surface area contributed by atoms with Gasteiger partial charge in [-0.05, 0) is 83.1 Å². The number of amidine groups is 1. The van der Waals surface area contributed by atoms with Gasteiger partial charge in [-0.1, -0.05) is 82.2 Å². The number of allylic oxidation sites excluding steroid dienone is 5. The fraction of sp³-hybridized carbons (Fsp3) is 0.512. The van der Waals surface area contributed by atoms with E-state index in [0.29, 0.717) is 11.5 Å². The summed E-state index contributed by atoms with van der Waals surface area (Å²) < 4.78 is 5.40. The third-order valence-electron chi connectivity index (χ3n) is 9.05. The SMILES string of the molecule is C/C=C(\C)C1=C(C)C(C)C(OC)C=C1.C=C(CC)C(=N/C=C\C)Nc1ccc([C-]=O)c(C)c1.CC=O.[CH-]1CCC(C2CCCN2)CC1.[V+2]. The van der Waals surface area contributed by atoms with E-state index in [9.17, 15) is 4.79 Å². The second-order valence-corrected chi connectivity index (χ2v) is 12.2. The molecule has 48 heavy (non-hydrogen) atoms. The summed E-state index contributed by atoms with van der Waals surface area (Å²) in [5.74, 6) is 2.22. The monoisotopic (exact) mass is 694 g/mol. The molecule has 2 N–H and O–H groups in total. The maximum absolute atomic E-state index is 10.7. The number of hydrogen-bond acceptors (Lipinski definition) is 5. The molecule has 1 saturated heterocycles. The number of carbonyl (C=O) groups is 1. The van der Waals surface area contributed by atoms with E-state index in [1.807, 2.05) is 45.3 Å². The van der Waals surface area contributed by atoms with E-state index >= 15 is 0 Å². The third-order valence-corrected chi connectivity index (χ3v) is 9.05. The van der Waals surface area contributed by atoms with Gasteiger partial charge in [0, 0.05) is 31.0 Å². The van der Waals surface area contributed by atoms with Crippen molar-refractivity contribution >= 4 is 24.1 Å². The van der Waals surface area contributed by atoms with Crippen LogP contribution in [0.15, 0.2) is 82.6 Å². The summed E-state index contributed by atoms with van der Waals surface area (Å²) in [5.41, 5.74) is 7.42. The average molecular weight is 695 g/mol. The molecule has 1 aliphatic heterocycles. The van der Waals surface area contributed by atoms with Crippen molar-refractivity contribution in [3.8, 4) is 0 Å². The summed E-state index contributed by atoms with van der Waals surface area (Å²) in [6.07, 6.45) is 24.7. The van der Waals surface area contributed by atoms with E-state index in [0.717, 1.165) is 47.3 Å². The second kappa shape index (κ2) is 26.1. The summed E-state index contributed by atoms with van der Waals surface area (Å²) in [4.78, 5) is 23.8. The molecule has 1 radical (unpaired) electrons. The molecule has 263 valence electrons. The van der Waals surface area contributed by atoms with E-state index in [1.54, 1.807) is 19.4 Å². The minimum Gasteiger partial charge on any atom is -0.377 e. The number of nitrogens with zero attached hydrogens (tertiary/aromatic N) is 1. The standard InChI is InChI=1S/C16H19N2O.C13H20O.C10H18N.C2H4O.V/c1-5-9-17-16(12(3)6-2)18-15-8-7-14(11-19)13(4)10-15;1-6-9(2)12-7-8-13(14-5)11(4)10(12)3;1-2-5-9(6-3-1)10-7-4-8-11-10;1-2-3;/h5,7-10H,3,6H2,1-2,4H3,(H,17,18);6-8,11,13H,1-5H3;1,9-11H,2-8H2;2H,1H3;/q-1;;-1;;+2/b9-5-;9-6+;;;. The predicted molar refractivity (Wildman–Crippen MR) is 202 cm³/mol. The van der Waals surface area contributed by atoms with Crippen LogP contribution in [0.5, 0.6) is 0 Å². The van der Waals surface area contributed by atoms with Crippen LogP contribution in [0, 0.1) is 25.2 Å². The van der Waals surface area contributed by atoms with Crippen molar-refractivity contribution in [3.63, 3.8) is 0 Å². The molecule has 0 bridgehead atoms. The summed E-state index contributed by atoms with van der Waals surface area (Å²) in [6.45, 7) is 21.2. The molecule has 1 aromatic rings. The zero-order valence-electron chi connectivity index (χ0n) is 31.1. The van der Waals surface area contributed by atoms with Crippen LogP contribution in [0.4, 0.5) is 5.69 Å². The normalized spacial score (nSPS) is 21.1. The molecule has 2 fully saturated rings. The molecule has 1 heterocycles. The van der Waals surface area contributed by atoms with Gasteiger partial charge in [0.25, 0.3) is 0 Å². The Balaban J connectivity index is 0.000000675. The summed E-state index contributed by atoms with van der Waals surface area (Å²) in [5, 5.41) is 6.84. The Hall–Kier alpha value is -2.77. The van der Waals surface area contributed by atoms with Crippen molar-refractivity contribution in [1.29, 1.82) is 0 Å². The average Bonchev–Trinajstić information content (AvgIpc) is 3.64. The minimum absolute atomic E-state index is 0. The maximum Gasteiger partial charge on any atom is 2.00 e. The first-order valence-corrected chi connectivity index (χ1v) is 17.2. The van der Waals surface area contributed by atoms with Gasteiger partial charge in [-0.25, -0.2) is 4.99 Å². The van der Waals surface area contributed by atoms with Gasteiger partial charge in [-0.3, -0.25) is 0 Å². The number of aliphatic imine (C=N–C) groups is 1. The first-order valence-electron chi connectivity index (χ1n) is 17.2. The zero-order valence-corrected chi connectivity index (χ0v) is 32.5. The Morgan fingerprint density at radius 2 is 1.85 bits per heavy atom. The second-order valence-electron chi connectivity index (χ2n) is 12.2. The Bertz CT molecular complexity index is 1270. The molecule has 2 aliphatic carbocycles.